The van der Waals surface area contributed by atoms with Gasteiger partial charge < -0.3 is 10.1 Å². The van der Waals surface area contributed by atoms with E-state index >= 15 is 0 Å². The first kappa shape index (κ1) is 17.9. The van der Waals surface area contributed by atoms with E-state index in [0.717, 1.165) is 5.01 Å². The van der Waals surface area contributed by atoms with Gasteiger partial charge in [0.1, 0.15) is 0 Å². The lowest BCUT2D eigenvalue weighted by atomic mass is 9.87. The molecule has 0 aliphatic heterocycles. The Morgan fingerprint density at radius 2 is 2.04 bits per heavy atom. The predicted octanol–water partition coefficient (Wildman–Crippen LogP) is 3.06. The molecule has 2 rings (SSSR count). The Bertz CT molecular complexity index is 740. The van der Waals surface area contributed by atoms with Gasteiger partial charge in [-0.25, -0.2) is 9.78 Å². The van der Waals surface area contributed by atoms with Gasteiger partial charge >= 0.3 is 5.97 Å². The highest BCUT2D eigenvalue weighted by Crippen LogP contribution is 2.26. The highest BCUT2D eigenvalue weighted by atomic mass is 32.1. The number of hydrogen-bond donors (Lipinski definition) is 1. The van der Waals surface area contributed by atoms with Crippen LogP contribution < -0.4 is 5.32 Å². The van der Waals surface area contributed by atoms with E-state index in [2.05, 4.69) is 10.3 Å². The molecule has 126 valence electrons. The number of benzene rings is 1. The number of carbonyl (C=O) groups excluding carboxylic acids is 2. The van der Waals surface area contributed by atoms with Crippen LogP contribution in [0.2, 0.25) is 0 Å². The van der Waals surface area contributed by atoms with Crippen molar-refractivity contribution in [1.29, 1.82) is 0 Å². The number of esters is 1. The van der Waals surface area contributed by atoms with Crippen LogP contribution in [0.25, 0.3) is 6.08 Å². The van der Waals surface area contributed by atoms with Gasteiger partial charge in [0.15, 0.2) is 5.54 Å². The Hall–Kier alpha value is -2.47. The van der Waals surface area contributed by atoms with Crippen LogP contribution in [0.15, 0.2) is 41.8 Å². The largest absolute Gasteiger partial charge is 0.467 e. The first-order valence-corrected chi connectivity index (χ1v) is 8.46. The number of hydrogen-bond acceptors (Lipinski definition) is 5. The van der Waals surface area contributed by atoms with Crippen LogP contribution >= 0.6 is 11.3 Å². The number of nitrogens with zero attached hydrogens (tertiary/aromatic N) is 1. The molecule has 1 atom stereocenters. The van der Waals surface area contributed by atoms with Crippen LogP contribution in [0.5, 0.6) is 0 Å². The normalized spacial score (nSPS) is 13.5. The highest BCUT2D eigenvalue weighted by Gasteiger charge is 2.40. The van der Waals surface area contributed by atoms with Gasteiger partial charge in [-0.15, -0.1) is 11.3 Å². The van der Waals surface area contributed by atoms with Gasteiger partial charge in [-0.3, -0.25) is 4.79 Å². The van der Waals surface area contributed by atoms with Crippen LogP contribution in [0.3, 0.4) is 0 Å². The second kappa shape index (κ2) is 7.88. The number of methoxy groups -OCH3 is 1. The Morgan fingerprint density at radius 3 is 2.58 bits per heavy atom. The minimum absolute atomic E-state index is 0.374. The van der Waals surface area contributed by atoms with Crippen molar-refractivity contribution in [3.63, 3.8) is 0 Å². The molecule has 0 saturated carbocycles. The van der Waals surface area contributed by atoms with E-state index in [9.17, 15) is 9.59 Å². The van der Waals surface area contributed by atoms with E-state index in [4.69, 9.17) is 4.74 Å². The molecular weight excluding hydrogens is 324 g/mol. The molecule has 0 aliphatic carbocycles. The maximum Gasteiger partial charge on any atom is 0.336 e. The molecule has 1 unspecified atom stereocenters. The van der Waals surface area contributed by atoms with Crippen molar-refractivity contribution in [3.05, 3.63) is 58.1 Å². The number of ether oxygens (including phenoxy) is 1. The van der Waals surface area contributed by atoms with Gasteiger partial charge in [-0.05, 0) is 25.0 Å². The van der Waals surface area contributed by atoms with Crippen LogP contribution in [-0.2, 0) is 19.9 Å². The average molecular weight is 344 g/mol. The molecule has 1 amide bonds. The SMILES string of the molecule is CCC(NC(=O)/C=C/c1csc(C)n1)(C(=O)OC)c1ccccc1. The summed E-state index contributed by atoms with van der Waals surface area (Å²) in [7, 11) is 1.32. The summed E-state index contributed by atoms with van der Waals surface area (Å²) in [5.74, 6) is -0.876. The molecule has 1 aromatic carbocycles. The van der Waals surface area contributed by atoms with Crippen molar-refractivity contribution >= 4 is 29.3 Å². The number of aryl methyl sites for hydroxylation is 1. The fourth-order valence-corrected chi connectivity index (χ4v) is 3.03. The van der Waals surface area contributed by atoms with Crippen molar-refractivity contribution in [2.24, 2.45) is 0 Å². The topological polar surface area (TPSA) is 68.3 Å². The zero-order chi connectivity index (χ0) is 17.6. The molecule has 0 spiro atoms. The standard InChI is InChI=1S/C18H20N2O3S/c1-4-18(17(22)23-3,14-8-6-5-7-9-14)20-16(21)11-10-15-12-24-13(2)19-15/h5-12H,4H2,1-3H3,(H,20,21)/b11-10+. The Labute approximate surface area is 145 Å². The van der Waals surface area contributed by atoms with Gasteiger partial charge in [0.2, 0.25) is 5.91 Å². The molecule has 0 saturated heterocycles. The maximum atomic E-state index is 12.4. The Morgan fingerprint density at radius 1 is 1.33 bits per heavy atom. The molecular formula is C18H20N2O3S. The van der Waals surface area contributed by atoms with Gasteiger partial charge in [0.05, 0.1) is 17.8 Å². The van der Waals surface area contributed by atoms with Gasteiger partial charge in [0, 0.05) is 11.5 Å². The summed E-state index contributed by atoms with van der Waals surface area (Å²) >= 11 is 1.51. The Kier molecular flexibility index (Phi) is 5.87. The molecule has 1 aromatic heterocycles. The second-order valence-corrected chi connectivity index (χ2v) is 6.29. The summed E-state index contributed by atoms with van der Waals surface area (Å²) < 4.78 is 4.94. The van der Waals surface area contributed by atoms with E-state index in [1.807, 2.05) is 37.4 Å². The summed E-state index contributed by atoms with van der Waals surface area (Å²) in [6.07, 6.45) is 3.38. The molecule has 2 aromatic rings. The number of thiazole rings is 1. The minimum atomic E-state index is -1.21. The monoisotopic (exact) mass is 344 g/mol. The fourth-order valence-electron chi connectivity index (χ4n) is 2.44. The van der Waals surface area contributed by atoms with Crippen LogP contribution in [-0.4, -0.2) is 24.0 Å². The van der Waals surface area contributed by atoms with E-state index in [0.29, 0.717) is 17.7 Å². The van der Waals surface area contributed by atoms with Crippen LogP contribution in [0.1, 0.15) is 29.6 Å². The number of amides is 1. The first-order valence-electron chi connectivity index (χ1n) is 7.58. The van der Waals surface area contributed by atoms with Crippen molar-refractivity contribution in [1.82, 2.24) is 10.3 Å². The summed E-state index contributed by atoms with van der Waals surface area (Å²) in [6, 6.07) is 9.10. The summed E-state index contributed by atoms with van der Waals surface area (Å²) in [5.41, 5.74) is 0.188. The summed E-state index contributed by atoms with van der Waals surface area (Å²) in [6.45, 7) is 3.73. The number of nitrogens with one attached hydrogen (secondary N) is 1. The third-order valence-electron chi connectivity index (χ3n) is 3.71. The molecule has 1 N–H and O–H groups in total. The molecule has 0 aliphatic rings. The van der Waals surface area contributed by atoms with Crippen LogP contribution in [0.4, 0.5) is 0 Å². The van der Waals surface area contributed by atoms with Crippen LogP contribution in [0, 0.1) is 6.92 Å². The Balaban J connectivity index is 2.26. The van der Waals surface area contributed by atoms with Crippen molar-refractivity contribution in [2.45, 2.75) is 25.8 Å². The quantitative estimate of drug-likeness (QED) is 0.646. The number of carbonyl (C=O) groups is 2. The second-order valence-electron chi connectivity index (χ2n) is 5.23. The molecule has 5 nitrogen and oxygen atoms in total. The fraction of sp³-hybridized carbons (Fsp3) is 0.278. The molecule has 1 heterocycles. The third-order valence-corrected chi connectivity index (χ3v) is 4.50. The highest BCUT2D eigenvalue weighted by molar-refractivity contribution is 7.09. The molecule has 24 heavy (non-hydrogen) atoms. The lowest BCUT2D eigenvalue weighted by molar-refractivity contribution is -0.151. The number of aromatic nitrogens is 1. The number of rotatable bonds is 6. The summed E-state index contributed by atoms with van der Waals surface area (Å²) in [5, 5.41) is 5.59. The molecule has 6 heteroatoms. The van der Waals surface area contributed by atoms with E-state index in [-0.39, 0.29) is 5.91 Å². The minimum Gasteiger partial charge on any atom is -0.467 e. The van der Waals surface area contributed by atoms with E-state index in [1.165, 1.54) is 24.5 Å². The van der Waals surface area contributed by atoms with E-state index in [1.54, 1.807) is 18.2 Å². The lowest BCUT2D eigenvalue weighted by Gasteiger charge is -2.31. The zero-order valence-corrected chi connectivity index (χ0v) is 14.7. The van der Waals surface area contributed by atoms with Gasteiger partial charge in [-0.1, -0.05) is 37.3 Å². The zero-order valence-electron chi connectivity index (χ0n) is 13.9. The predicted molar refractivity (Wildman–Crippen MR) is 94.5 cm³/mol. The van der Waals surface area contributed by atoms with E-state index < -0.39 is 11.5 Å². The van der Waals surface area contributed by atoms with Crippen molar-refractivity contribution in [2.75, 3.05) is 7.11 Å². The maximum absolute atomic E-state index is 12.4. The van der Waals surface area contributed by atoms with Gasteiger partial charge in [0.25, 0.3) is 0 Å². The molecule has 0 bridgehead atoms. The molecule has 0 fully saturated rings. The third kappa shape index (κ3) is 3.89. The first-order chi connectivity index (χ1) is 11.5. The van der Waals surface area contributed by atoms with Crippen molar-refractivity contribution in [3.8, 4) is 0 Å². The smallest absolute Gasteiger partial charge is 0.336 e. The lowest BCUT2D eigenvalue weighted by Crippen LogP contribution is -2.51. The van der Waals surface area contributed by atoms with Gasteiger partial charge in [-0.2, -0.15) is 0 Å². The summed E-state index contributed by atoms with van der Waals surface area (Å²) in [4.78, 5) is 29.0. The average Bonchev–Trinajstić information content (AvgIpc) is 3.03. The molecule has 0 radical (unpaired) electrons. The van der Waals surface area contributed by atoms with Crippen molar-refractivity contribution < 1.29 is 14.3 Å².